The predicted molar refractivity (Wildman–Crippen MR) is 120 cm³/mol. The first-order valence-electron chi connectivity index (χ1n) is 11.0. The number of allylic oxidation sites excluding steroid dienone is 4. The number of likely N-dealkylation sites (tertiary alicyclic amines) is 1. The molecule has 1 aromatic rings. The molecule has 3 atom stereocenters. The molecule has 5 nitrogen and oxygen atoms in total. The van der Waals surface area contributed by atoms with Gasteiger partial charge < -0.3 is 4.90 Å². The summed E-state index contributed by atoms with van der Waals surface area (Å²) in [6.45, 7) is 2.42. The molecule has 0 aromatic heterocycles. The van der Waals surface area contributed by atoms with Crippen molar-refractivity contribution in [3.05, 3.63) is 54.1 Å². The van der Waals surface area contributed by atoms with E-state index in [0.29, 0.717) is 13.0 Å². The second-order valence-corrected chi connectivity index (χ2v) is 11.4. The Morgan fingerprint density at radius 3 is 2.58 bits per heavy atom. The van der Waals surface area contributed by atoms with E-state index < -0.39 is 33.2 Å². The summed E-state index contributed by atoms with van der Waals surface area (Å²) < 4.78 is 42.7. The number of amides is 1. The second-order valence-electron chi connectivity index (χ2n) is 9.60. The summed E-state index contributed by atoms with van der Waals surface area (Å²) in [5.41, 5.74) is -0.175. The molecule has 0 radical (unpaired) electrons. The molecule has 0 bridgehead atoms. The van der Waals surface area contributed by atoms with Gasteiger partial charge in [0.1, 0.15) is 5.67 Å². The van der Waals surface area contributed by atoms with Crippen molar-refractivity contribution >= 4 is 21.5 Å². The highest BCUT2D eigenvalue weighted by Crippen LogP contribution is 2.45. The minimum atomic E-state index is -3.47. The number of carbonyl (C=O) groups excluding carboxylic acids is 1. The molecular weight excluding hydrogens is 415 g/mol. The minimum Gasteiger partial charge on any atom is -0.337 e. The number of nitrogens with zero attached hydrogens (tertiary/aromatic N) is 1. The molecule has 1 saturated carbocycles. The summed E-state index contributed by atoms with van der Waals surface area (Å²) in [7, 11) is -3.47. The molecule has 4 rings (SSSR count). The molecule has 3 aliphatic rings. The van der Waals surface area contributed by atoms with Crippen molar-refractivity contribution in [1.29, 1.82) is 0 Å². The first-order chi connectivity index (χ1) is 14.6. The molecule has 1 amide bonds. The van der Waals surface area contributed by atoms with Crippen LogP contribution < -0.4 is 4.72 Å². The molecule has 1 N–H and O–H groups in total. The summed E-state index contributed by atoms with van der Waals surface area (Å²) in [5, 5.41) is 0. The first kappa shape index (κ1) is 22.2. The standard InChI is InChI=1S/C24H31FN2O3S/c1-23(12-7-13-23)22(28)27-15-11-20(26-31(2,29)30)21(27)17-24(25)14-6-10-19(16-24)18-8-4-3-5-9-18/h3-6,8-10,14,20-21,26H,7,11-13,15-17H2,1-2H3/t20-,21-,24?/m0/s1. The highest BCUT2D eigenvalue weighted by Gasteiger charge is 2.49. The number of benzene rings is 1. The van der Waals surface area contributed by atoms with Crippen molar-refractivity contribution in [2.45, 2.75) is 63.2 Å². The zero-order chi connectivity index (χ0) is 22.3. The van der Waals surface area contributed by atoms with Gasteiger partial charge in [-0.1, -0.05) is 55.8 Å². The van der Waals surface area contributed by atoms with Gasteiger partial charge in [0, 0.05) is 30.8 Å². The third-order valence-electron chi connectivity index (χ3n) is 7.02. The van der Waals surface area contributed by atoms with Crippen LogP contribution in [0.4, 0.5) is 4.39 Å². The van der Waals surface area contributed by atoms with Crippen molar-refractivity contribution in [2.75, 3.05) is 12.8 Å². The van der Waals surface area contributed by atoms with Crippen molar-refractivity contribution < 1.29 is 17.6 Å². The van der Waals surface area contributed by atoms with Gasteiger partial charge in [-0.15, -0.1) is 0 Å². The monoisotopic (exact) mass is 446 g/mol. The van der Waals surface area contributed by atoms with E-state index in [1.165, 1.54) is 0 Å². The van der Waals surface area contributed by atoms with Crippen molar-refractivity contribution in [3.63, 3.8) is 0 Å². The first-order valence-corrected chi connectivity index (χ1v) is 12.9. The Balaban J connectivity index is 1.57. The van der Waals surface area contributed by atoms with E-state index in [-0.39, 0.29) is 18.7 Å². The molecule has 0 spiro atoms. The molecule has 1 saturated heterocycles. The van der Waals surface area contributed by atoms with Crippen molar-refractivity contribution in [2.24, 2.45) is 5.41 Å². The Kier molecular flexibility index (Phi) is 5.85. The highest BCUT2D eigenvalue weighted by atomic mass is 32.2. The van der Waals surface area contributed by atoms with E-state index >= 15 is 4.39 Å². The minimum absolute atomic E-state index is 0.0313. The normalized spacial score (nSPS) is 30.0. The van der Waals surface area contributed by atoms with Crippen LogP contribution in [0, 0.1) is 5.41 Å². The molecule has 7 heteroatoms. The fourth-order valence-electron chi connectivity index (χ4n) is 5.15. The molecule has 168 valence electrons. The van der Waals surface area contributed by atoms with Gasteiger partial charge in [0.25, 0.3) is 0 Å². The molecule has 1 heterocycles. The number of rotatable bonds is 6. The van der Waals surface area contributed by atoms with E-state index in [2.05, 4.69) is 4.72 Å². The number of halogens is 1. The number of sulfonamides is 1. The molecule has 1 aromatic carbocycles. The summed E-state index contributed by atoms with van der Waals surface area (Å²) in [6, 6.07) is 8.72. The largest absolute Gasteiger partial charge is 0.337 e. The zero-order valence-corrected chi connectivity index (χ0v) is 19.0. The number of nitrogens with one attached hydrogen (secondary N) is 1. The molecule has 1 unspecified atom stereocenters. The van der Waals surface area contributed by atoms with Crippen LogP contribution in [0.25, 0.3) is 5.57 Å². The zero-order valence-electron chi connectivity index (χ0n) is 18.2. The van der Waals surface area contributed by atoms with Crippen LogP contribution in [-0.4, -0.2) is 49.8 Å². The Morgan fingerprint density at radius 1 is 1.26 bits per heavy atom. The lowest BCUT2D eigenvalue weighted by atomic mass is 9.69. The Bertz CT molecular complexity index is 1000. The van der Waals surface area contributed by atoms with E-state index in [1.54, 1.807) is 17.1 Å². The maximum absolute atomic E-state index is 16.2. The van der Waals surface area contributed by atoms with Crippen LogP contribution in [0.2, 0.25) is 0 Å². The van der Waals surface area contributed by atoms with Gasteiger partial charge in [0.2, 0.25) is 15.9 Å². The van der Waals surface area contributed by atoms with E-state index in [0.717, 1.165) is 36.7 Å². The van der Waals surface area contributed by atoms with Gasteiger partial charge in [-0.25, -0.2) is 17.5 Å². The second kappa shape index (κ2) is 8.17. The lowest BCUT2D eigenvalue weighted by Gasteiger charge is -2.43. The average molecular weight is 447 g/mol. The number of carbonyl (C=O) groups is 1. The third-order valence-corrected chi connectivity index (χ3v) is 7.75. The van der Waals surface area contributed by atoms with Crippen LogP contribution >= 0.6 is 0 Å². The van der Waals surface area contributed by atoms with E-state index in [9.17, 15) is 13.2 Å². The SMILES string of the molecule is CC1(C(=O)N2CC[C@H](NS(C)(=O)=O)[C@@H]2CC2(F)C=CC=C(c3ccccc3)C2)CCC1. The predicted octanol–water partition coefficient (Wildman–Crippen LogP) is 3.84. The van der Waals surface area contributed by atoms with Gasteiger partial charge in [-0.2, -0.15) is 0 Å². The number of alkyl halides is 1. The Morgan fingerprint density at radius 2 is 1.97 bits per heavy atom. The molecule has 2 fully saturated rings. The fourth-order valence-corrected chi connectivity index (χ4v) is 5.97. The maximum atomic E-state index is 16.2. The smallest absolute Gasteiger partial charge is 0.228 e. The van der Waals surface area contributed by atoms with Gasteiger partial charge in [-0.3, -0.25) is 4.79 Å². The molecular formula is C24H31FN2O3S. The topological polar surface area (TPSA) is 66.5 Å². The lowest BCUT2D eigenvalue weighted by Crippen LogP contribution is -2.53. The highest BCUT2D eigenvalue weighted by molar-refractivity contribution is 7.88. The fraction of sp³-hybridized carbons (Fsp3) is 0.542. The van der Waals surface area contributed by atoms with Crippen molar-refractivity contribution in [1.82, 2.24) is 9.62 Å². The third kappa shape index (κ3) is 4.77. The van der Waals surface area contributed by atoms with Crippen molar-refractivity contribution in [3.8, 4) is 0 Å². The maximum Gasteiger partial charge on any atom is 0.228 e. The molecule has 31 heavy (non-hydrogen) atoms. The van der Waals surface area contributed by atoms with Gasteiger partial charge in [-0.05, 0) is 36.5 Å². The van der Waals surface area contributed by atoms with E-state index in [4.69, 9.17) is 0 Å². The average Bonchev–Trinajstić information content (AvgIpc) is 3.06. The summed E-state index contributed by atoms with van der Waals surface area (Å²) in [6.07, 6.45) is 9.80. The Labute approximate surface area is 184 Å². The van der Waals surface area contributed by atoms with Gasteiger partial charge in [0.15, 0.2) is 0 Å². The van der Waals surface area contributed by atoms with Crippen LogP contribution in [0.3, 0.4) is 0 Å². The van der Waals surface area contributed by atoms with Crippen LogP contribution in [0.15, 0.2) is 48.6 Å². The number of hydrogen-bond donors (Lipinski definition) is 1. The quantitative estimate of drug-likeness (QED) is 0.722. The van der Waals surface area contributed by atoms with Crippen LogP contribution in [0.1, 0.15) is 51.0 Å². The van der Waals surface area contributed by atoms with Gasteiger partial charge in [0.05, 0.1) is 12.3 Å². The van der Waals surface area contributed by atoms with Crippen LogP contribution in [0.5, 0.6) is 0 Å². The lowest BCUT2D eigenvalue weighted by molar-refractivity contribution is -0.147. The summed E-state index contributed by atoms with van der Waals surface area (Å²) in [5.74, 6) is 0.0313. The van der Waals surface area contributed by atoms with Gasteiger partial charge >= 0.3 is 0 Å². The molecule has 1 aliphatic heterocycles. The summed E-state index contributed by atoms with van der Waals surface area (Å²) in [4.78, 5) is 15.0. The van der Waals surface area contributed by atoms with E-state index in [1.807, 2.05) is 43.3 Å². The Hall–Kier alpha value is -1.99. The number of hydrogen-bond acceptors (Lipinski definition) is 3. The summed E-state index contributed by atoms with van der Waals surface area (Å²) >= 11 is 0. The molecule has 2 aliphatic carbocycles. The van der Waals surface area contributed by atoms with Crippen LogP contribution in [-0.2, 0) is 14.8 Å².